The SMILES string of the molecule is NC(=O)c1csc(-c2[nH]c(CN3CCOCC3)nc2C2=CC=C(F)CC=C2)n1. The van der Waals surface area contributed by atoms with E-state index in [2.05, 4.69) is 14.9 Å². The van der Waals surface area contributed by atoms with E-state index < -0.39 is 5.91 Å². The molecule has 1 aliphatic carbocycles. The Kier molecular flexibility index (Phi) is 5.47. The number of halogens is 1. The van der Waals surface area contributed by atoms with Crippen LogP contribution in [0.2, 0.25) is 0 Å². The summed E-state index contributed by atoms with van der Waals surface area (Å²) in [6.45, 7) is 3.72. The molecule has 1 fully saturated rings. The molecule has 0 aromatic carbocycles. The average Bonchev–Trinajstić information content (AvgIpc) is 3.27. The highest BCUT2D eigenvalue weighted by molar-refractivity contribution is 7.13. The van der Waals surface area contributed by atoms with Crippen molar-refractivity contribution in [2.45, 2.75) is 13.0 Å². The number of imidazole rings is 1. The second-order valence-corrected chi connectivity index (χ2v) is 7.40. The van der Waals surface area contributed by atoms with Gasteiger partial charge in [0.1, 0.15) is 28.0 Å². The molecule has 1 aliphatic heterocycles. The van der Waals surface area contributed by atoms with Crippen LogP contribution in [0, 0.1) is 0 Å². The van der Waals surface area contributed by atoms with Crippen molar-refractivity contribution >= 4 is 22.8 Å². The zero-order valence-corrected chi connectivity index (χ0v) is 16.0. The van der Waals surface area contributed by atoms with Gasteiger partial charge in [-0.15, -0.1) is 11.3 Å². The standard InChI is InChI=1S/C19H20FN5O2S/c20-13-3-1-2-12(4-5-13)16-17(19-22-14(11-28-19)18(21)26)24-15(23-16)10-25-6-8-27-9-7-25/h1-2,4-5,11H,3,6-10H2,(H2,21,26)(H,23,24). The van der Waals surface area contributed by atoms with Crippen LogP contribution >= 0.6 is 11.3 Å². The Morgan fingerprint density at radius 3 is 2.89 bits per heavy atom. The highest BCUT2D eigenvalue weighted by atomic mass is 32.1. The summed E-state index contributed by atoms with van der Waals surface area (Å²) in [5.41, 5.74) is 7.71. The van der Waals surface area contributed by atoms with E-state index in [9.17, 15) is 9.18 Å². The maximum atomic E-state index is 13.6. The van der Waals surface area contributed by atoms with Crippen LogP contribution in [0.5, 0.6) is 0 Å². The first kappa shape index (κ1) is 18.7. The number of nitrogens with zero attached hydrogens (tertiary/aromatic N) is 3. The molecule has 2 aromatic rings. The van der Waals surface area contributed by atoms with E-state index in [4.69, 9.17) is 15.5 Å². The Balaban J connectivity index is 1.72. The number of carbonyl (C=O) groups excluding carboxylic acids is 1. The predicted molar refractivity (Wildman–Crippen MR) is 105 cm³/mol. The molecule has 3 N–H and O–H groups in total. The Hall–Kier alpha value is -2.62. The summed E-state index contributed by atoms with van der Waals surface area (Å²) in [6, 6.07) is 0. The maximum absolute atomic E-state index is 13.6. The number of amides is 1. The third-order valence-corrected chi connectivity index (χ3v) is 5.39. The van der Waals surface area contributed by atoms with Crippen molar-refractivity contribution in [3.63, 3.8) is 0 Å². The van der Waals surface area contributed by atoms with Crippen molar-refractivity contribution in [1.82, 2.24) is 19.9 Å². The normalized spacial score (nSPS) is 17.9. The molecular weight excluding hydrogens is 381 g/mol. The minimum Gasteiger partial charge on any atom is -0.379 e. The predicted octanol–water partition coefficient (Wildman–Crippen LogP) is 2.66. The molecule has 0 saturated carbocycles. The topological polar surface area (TPSA) is 97.1 Å². The minimum atomic E-state index is -0.573. The van der Waals surface area contributed by atoms with Gasteiger partial charge in [-0.3, -0.25) is 9.69 Å². The fraction of sp³-hybridized carbons (Fsp3) is 0.316. The van der Waals surface area contributed by atoms with Crippen LogP contribution in [0.1, 0.15) is 28.4 Å². The van der Waals surface area contributed by atoms with Crippen LogP contribution in [0.15, 0.2) is 35.5 Å². The molecule has 28 heavy (non-hydrogen) atoms. The van der Waals surface area contributed by atoms with Crippen molar-refractivity contribution in [3.8, 4) is 10.7 Å². The second-order valence-electron chi connectivity index (χ2n) is 6.54. The molecule has 146 valence electrons. The molecule has 4 rings (SSSR count). The van der Waals surface area contributed by atoms with Crippen molar-refractivity contribution in [3.05, 3.63) is 52.7 Å². The quantitative estimate of drug-likeness (QED) is 0.803. The zero-order valence-electron chi connectivity index (χ0n) is 15.2. The van der Waals surface area contributed by atoms with Gasteiger partial charge in [0.25, 0.3) is 5.91 Å². The Labute approximate surface area is 165 Å². The molecular formula is C19H20FN5O2S. The highest BCUT2D eigenvalue weighted by Gasteiger charge is 2.21. The van der Waals surface area contributed by atoms with Gasteiger partial charge in [0.15, 0.2) is 0 Å². The smallest absolute Gasteiger partial charge is 0.268 e. The molecule has 0 radical (unpaired) electrons. The third kappa shape index (κ3) is 4.11. The number of primary amides is 1. The number of aromatic amines is 1. The second kappa shape index (κ2) is 8.17. The largest absolute Gasteiger partial charge is 0.379 e. The lowest BCUT2D eigenvalue weighted by Gasteiger charge is -2.25. The fourth-order valence-corrected chi connectivity index (χ4v) is 3.90. The van der Waals surface area contributed by atoms with E-state index in [1.807, 2.05) is 6.08 Å². The van der Waals surface area contributed by atoms with E-state index in [1.165, 1.54) is 17.4 Å². The number of H-pyrrole nitrogens is 1. The Morgan fingerprint density at radius 2 is 2.14 bits per heavy atom. The Bertz CT molecular complexity index is 969. The zero-order chi connectivity index (χ0) is 19.5. The average molecular weight is 401 g/mol. The summed E-state index contributed by atoms with van der Waals surface area (Å²) in [5, 5.41) is 2.24. The van der Waals surface area contributed by atoms with Gasteiger partial charge in [-0.1, -0.05) is 18.2 Å². The molecule has 0 spiro atoms. The van der Waals surface area contributed by atoms with Crippen molar-refractivity contribution in [2.24, 2.45) is 5.73 Å². The van der Waals surface area contributed by atoms with Crippen LogP contribution in [-0.2, 0) is 11.3 Å². The van der Waals surface area contributed by atoms with Crippen LogP contribution in [0.3, 0.4) is 0 Å². The molecule has 0 bridgehead atoms. The number of morpholine rings is 1. The number of hydrogen-bond acceptors (Lipinski definition) is 6. The molecule has 7 nitrogen and oxygen atoms in total. The van der Waals surface area contributed by atoms with Crippen LogP contribution < -0.4 is 5.73 Å². The molecule has 1 saturated heterocycles. The van der Waals surface area contributed by atoms with Gasteiger partial charge in [0, 0.05) is 30.5 Å². The number of hydrogen-bond donors (Lipinski definition) is 2. The van der Waals surface area contributed by atoms with Crippen LogP contribution in [-0.4, -0.2) is 52.1 Å². The van der Waals surface area contributed by atoms with Gasteiger partial charge in [-0.2, -0.15) is 0 Å². The number of aromatic nitrogens is 3. The lowest BCUT2D eigenvalue weighted by molar-refractivity contribution is 0.0332. The first-order chi connectivity index (χ1) is 13.6. The van der Waals surface area contributed by atoms with Gasteiger partial charge in [0.05, 0.1) is 25.5 Å². The number of allylic oxidation sites excluding steroid dienone is 6. The molecule has 1 amide bonds. The summed E-state index contributed by atoms with van der Waals surface area (Å²) in [6.07, 6.45) is 7.03. The van der Waals surface area contributed by atoms with Crippen molar-refractivity contribution in [2.75, 3.05) is 26.3 Å². The van der Waals surface area contributed by atoms with E-state index in [0.717, 1.165) is 24.5 Å². The molecule has 2 aliphatic rings. The fourth-order valence-electron chi connectivity index (χ4n) is 3.09. The number of thiazole rings is 1. The van der Waals surface area contributed by atoms with Gasteiger partial charge < -0.3 is 15.5 Å². The molecule has 2 aromatic heterocycles. The lowest BCUT2D eigenvalue weighted by atomic mass is 10.1. The number of rotatable bonds is 5. The maximum Gasteiger partial charge on any atom is 0.268 e. The summed E-state index contributed by atoms with van der Waals surface area (Å²) in [4.78, 5) is 26.1. The van der Waals surface area contributed by atoms with Gasteiger partial charge in [-0.25, -0.2) is 14.4 Å². The van der Waals surface area contributed by atoms with Gasteiger partial charge in [0.2, 0.25) is 0 Å². The number of ether oxygens (including phenoxy) is 1. The third-order valence-electron chi connectivity index (χ3n) is 4.53. The lowest BCUT2D eigenvalue weighted by Crippen LogP contribution is -2.35. The van der Waals surface area contributed by atoms with Crippen molar-refractivity contribution in [1.29, 1.82) is 0 Å². The van der Waals surface area contributed by atoms with E-state index >= 15 is 0 Å². The van der Waals surface area contributed by atoms with E-state index in [1.54, 1.807) is 17.5 Å². The number of nitrogens with one attached hydrogen (secondary N) is 1. The molecule has 9 heteroatoms. The Morgan fingerprint density at radius 1 is 1.32 bits per heavy atom. The minimum absolute atomic E-state index is 0.206. The summed E-state index contributed by atoms with van der Waals surface area (Å²) in [7, 11) is 0. The summed E-state index contributed by atoms with van der Waals surface area (Å²) >= 11 is 1.32. The first-order valence-electron chi connectivity index (χ1n) is 8.98. The monoisotopic (exact) mass is 401 g/mol. The highest BCUT2D eigenvalue weighted by Crippen LogP contribution is 2.32. The molecule has 0 unspecified atom stereocenters. The molecule has 0 atom stereocenters. The van der Waals surface area contributed by atoms with Gasteiger partial charge >= 0.3 is 0 Å². The number of carbonyl (C=O) groups is 1. The van der Waals surface area contributed by atoms with Crippen LogP contribution in [0.4, 0.5) is 4.39 Å². The summed E-state index contributed by atoms with van der Waals surface area (Å²) in [5.74, 6) is 0.00329. The summed E-state index contributed by atoms with van der Waals surface area (Å²) < 4.78 is 19.0. The van der Waals surface area contributed by atoms with E-state index in [-0.39, 0.29) is 17.9 Å². The van der Waals surface area contributed by atoms with Gasteiger partial charge in [-0.05, 0) is 6.08 Å². The van der Waals surface area contributed by atoms with Crippen molar-refractivity contribution < 1.29 is 13.9 Å². The first-order valence-corrected chi connectivity index (χ1v) is 9.86. The molecule has 3 heterocycles. The van der Waals surface area contributed by atoms with Crippen LogP contribution in [0.25, 0.3) is 16.3 Å². The van der Waals surface area contributed by atoms with E-state index in [0.29, 0.717) is 36.2 Å². The number of nitrogens with two attached hydrogens (primary N) is 1.